The van der Waals surface area contributed by atoms with Crippen molar-refractivity contribution in [1.82, 2.24) is 10.3 Å². The molecule has 7 heteroatoms. The summed E-state index contributed by atoms with van der Waals surface area (Å²) >= 11 is 1.53. The number of amides is 1. The number of thiazole rings is 1. The lowest BCUT2D eigenvalue weighted by atomic mass is 10.2. The van der Waals surface area contributed by atoms with Crippen LogP contribution in [0.4, 0.5) is 5.69 Å². The van der Waals surface area contributed by atoms with Crippen LogP contribution in [0.5, 0.6) is 0 Å². The fourth-order valence-corrected chi connectivity index (χ4v) is 2.90. The van der Waals surface area contributed by atoms with Crippen LogP contribution in [0.25, 0.3) is 6.08 Å². The van der Waals surface area contributed by atoms with E-state index >= 15 is 0 Å². The summed E-state index contributed by atoms with van der Waals surface area (Å²) in [6.07, 6.45) is 3.80. The van der Waals surface area contributed by atoms with Crippen molar-refractivity contribution in [3.05, 3.63) is 62.1 Å². The van der Waals surface area contributed by atoms with Crippen molar-refractivity contribution in [3.63, 3.8) is 0 Å². The van der Waals surface area contributed by atoms with Crippen LogP contribution < -0.4 is 5.32 Å². The highest BCUT2D eigenvalue weighted by atomic mass is 32.1. The van der Waals surface area contributed by atoms with E-state index in [1.54, 1.807) is 18.2 Å². The Hall–Kier alpha value is -2.54. The van der Waals surface area contributed by atoms with E-state index in [1.165, 1.54) is 29.5 Å². The molecule has 2 rings (SSSR count). The van der Waals surface area contributed by atoms with E-state index in [9.17, 15) is 14.9 Å². The van der Waals surface area contributed by atoms with Gasteiger partial charge < -0.3 is 5.32 Å². The van der Waals surface area contributed by atoms with Crippen molar-refractivity contribution >= 4 is 29.0 Å². The Morgan fingerprint density at radius 3 is 2.65 bits per heavy atom. The molecular weight excluding hydrogens is 314 g/mol. The number of benzene rings is 1. The highest BCUT2D eigenvalue weighted by Gasteiger charge is 2.14. The molecule has 1 aromatic carbocycles. The molecule has 120 valence electrons. The number of aryl methyl sites for hydroxylation is 1. The lowest BCUT2D eigenvalue weighted by Crippen LogP contribution is -2.26. The predicted octanol–water partition coefficient (Wildman–Crippen LogP) is 3.64. The number of hydrogen-bond acceptors (Lipinski definition) is 5. The summed E-state index contributed by atoms with van der Waals surface area (Å²) in [5, 5.41) is 16.3. The topological polar surface area (TPSA) is 85.1 Å². The highest BCUT2D eigenvalue weighted by molar-refractivity contribution is 7.09. The number of nitrogens with one attached hydrogen (secondary N) is 1. The maximum atomic E-state index is 12.0. The fraction of sp³-hybridized carbons (Fsp3) is 0.250. The quantitative estimate of drug-likeness (QED) is 0.497. The SMILES string of the molecule is CCC(NC(=O)/C=C/c1ccc([N+](=O)[O-])cc1)c1nc(C)cs1. The van der Waals surface area contributed by atoms with Crippen molar-refractivity contribution in [2.75, 3.05) is 0 Å². The third kappa shape index (κ3) is 4.72. The summed E-state index contributed by atoms with van der Waals surface area (Å²) in [7, 11) is 0. The number of nitro benzene ring substituents is 1. The number of non-ortho nitro benzene ring substituents is 1. The van der Waals surface area contributed by atoms with Gasteiger partial charge in [0.25, 0.3) is 5.69 Å². The van der Waals surface area contributed by atoms with Crippen LogP contribution in [-0.4, -0.2) is 15.8 Å². The molecule has 0 fully saturated rings. The second-order valence-electron chi connectivity index (χ2n) is 4.98. The van der Waals surface area contributed by atoms with Crippen molar-refractivity contribution < 1.29 is 9.72 Å². The summed E-state index contributed by atoms with van der Waals surface area (Å²) in [6.45, 7) is 3.91. The van der Waals surface area contributed by atoms with Gasteiger partial charge in [-0.15, -0.1) is 11.3 Å². The summed E-state index contributed by atoms with van der Waals surface area (Å²) in [5.74, 6) is -0.219. The maximum Gasteiger partial charge on any atom is 0.269 e. The Morgan fingerprint density at radius 1 is 1.43 bits per heavy atom. The highest BCUT2D eigenvalue weighted by Crippen LogP contribution is 2.20. The normalized spacial score (nSPS) is 12.3. The molecule has 0 aliphatic rings. The van der Waals surface area contributed by atoms with Gasteiger partial charge in [0.1, 0.15) is 5.01 Å². The van der Waals surface area contributed by atoms with Gasteiger partial charge in [-0.3, -0.25) is 14.9 Å². The molecule has 6 nitrogen and oxygen atoms in total. The first-order valence-corrected chi connectivity index (χ1v) is 8.02. The van der Waals surface area contributed by atoms with Crippen LogP contribution >= 0.6 is 11.3 Å². The molecule has 0 spiro atoms. The Bertz CT molecular complexity index is 722. The van der Waals surface area contributed by atoms with Gasteiger partial charge in [0.2, 0.25) is 5.91 Å². The van der Waals surface area contributed by atoms with Gasteiger partial charge in [0, 0.05) is 29.3 Å². The molecule has 1 aromatic heterocycles. The van der Waals surface area contributed by atoms with Crippen LogP contribution in [0.2, 0.25) is 0 Å². The van der Waals surface area contributed by atoms with E-state index in [1.807, 2.05) is 19.2 Å². The summed E-state index contributed by atoms with van der Waals surface area (Å²) < 4.78 is 0. The first kappa shape index (κ1) is 16.8. The number of carbonyl (C=O) groups excluding carboxylic acids is 1. The van der Waals surface area contributed by atoms with Crippen LogP contribution in [-0.2, 0) is 4.79 Å². The molecule has 0 saturated carbocycles. The lowest BCUT2D eigenvalue weighted by molar-refractivity contribution is -0.384. The second-order valence-corrected chi connectivity index (χ2v) is 5.87. The van der Waals surface area contributed by atoms with E-state index in [0.29, 0.717) is 0 Å². The number of hydrogen-bond donors (Lipinski definition) is 1. The molecule has 23 heavy (non-hydrogen) atoms. The zero-order valence-electron chi connectivity index (χ0n) is 12.9. The standard InChI is InChI=1S/C16H17N3O3S/c1-3-14(16-17-11(2)10-23-16)18-15(20)9-6-12-4-7-13(8-5-12)19(21)22/h4-10,14H,3H2,1-2H3,(H,18,20)/b9-6+. The molecule has 0 aliphatic carbocycles. The van der Waals surface area contributed by atoms with E-state index in [-0.39, 0.29) is 17.6 Å². The van der Waals surface area contributed by atoms with Crippen molar-refractivity contribution in [2.24, 2.45) is 0 Å². The number of aromatic nitrogens is 1. The van der Waals surface area contributed by atoms with E-state index in [0.717, 1.165) is 22.7 Å². The van der Waals surface area contributed by atoms with E-state index < -0.39 is 4.92 Å². The summed E-state index contributed by atoms with van der Waals surface area (Å²) in [6, 6.07) is 5.91. The van der Waals surface area contributed by atoms with Gasteiger partial charge >= 0.3 is 0 Å². The maximum absolute atomic E-state index is 12.0. The third-order valence-corrected chi connectivity index (χ3v) is 4.27. The zero-order chi connectivity index (χ0) is 16.8. The average Bonchev–Trinajstić information content (AvgIpc) is 2.97. The Balaban J connectivity index is 1.98. The third-order valence-electron chi connectivity index (χ3n) is 3.19. The number of rotatable bonds is 6. The Labute approximate surface area is 138 Å². The Kier molecular flexibility index (Phi) is 5.59. The molecule has 2 aromatic rings. The minimum absolute atomic E-state index is 0.0248. The average molecular weight is 331 g/mol. The van der Waals surface area contributed by atoms with Gasteiger partial charge in [0.15, 0.2) is 0 Å². The van der Waals surface area contributed by atoms with Gasteiger partial charge in [-0.2, -0.15) is 0 Å². The largest absolute Gasteiger partial charge is 0.343 e. The predicted molar refractivity (Wildman–Crippen MR) is 90.2 cm³/mol. The minimum atomic E-state index is -0.456. The second kappa shape index (κ2) is 7.64. The smallest absolute Gasteiger partial charge is 0.269 e. The molecule has 1 unspecified atom stereocenters. The van der Waals surface area contributed by atoms with Gasteiger partial charge in [-0.05, 0) is 37.1 Å². The summed E-state index contributed by atoms with van der Waals surface area (Å²) in [4.78, 5) is 26.5. The number of nitrogens with zero attached hydrogens (tertiary/aromatic N) is 2. The van der Waals surface area contributed by atoms with Crippen LogP contribution in [0.3, 0.4) is 0 Å². The first-order valence-electron chi connectivity index (χ1n) is 7.14. The molecule has 0 aliphatic heterocycles. The monoisotopic (exact) mass is 331 g/mol. The zero-order valence-corrected chi connectivity index (χ0v) is 13.7. The van der Waals surface area contributed by atoms with Crippen molar-refractivity contribution in [2.45, 2.75) is 26.3 Å². The van der Waals surface area contributed by atoms with Crippen LogP contribution in [0, 0.1) is 17.0 Å². The van der Waals surface area contributed by atoms with Gasteiger partial charge in [-0.25, -0.2) is 4.98 Å². The molecule has 1 N–H and O–H groups in total. The van der Waals surface area contributed by atoms with Gasteiger partial charge in [-0.1, -0.05) is 6.92 Å². The summed E-state index contributed by atoms with van der Waals surface area (Å²) in [5.41, 5.74) is 1.69. The Morgan fingerprint density at radius 2 is 2.13 bits per heavy atom. The fourth-order valence-electron chi connectivity index (χ4n) is 1.97. The van der Waals surface area contributed by atoms with Gasteiger partial charge in [0.05, 0.1) is 11.0 Å². The van der Waals surface area contributed by atoms with Crippen molar-refractivity contribution in [3.8, 4) is 0 Å². The lowest BCUT2D eigenvalue weighted by Gasteiger charge is -2.12. The minimum Gasteiger partial charge on any atom is -0.343 e. The van der Waals surface area contributed by atoms with E-state index in [4.69, 9.17) is 0 Å². The number of nitro groups is 1. The molecule has 0 saturated heterocycles. The molecule has 1 amide bonds. The van der Waals surface area contributed by atoms with Crippen molar-refractivity contribution in [1.29, 1.82) is 0 Å². The molecule has 1 heterocycles. The van der Waals surface area contributed by atoms with Crippen LogP contribution in [0.1, 0.15) is 35.7 Å². The first-order chi connectivity index (χ1) is 11.0. The van der Waals surface area contributed by atoms with E-state index in [2.05, 4.69) is 10.3 Å². The molecule has 0 bridgehead atoms. The van der Waals surface area contributed by atoms with Crippen LogP contribution in [0.15, 0.2) is 35.7 Å². The number of carbonyl (C=O) groups is 1. The molecule has 1 atom stereocenters. The molecule has 0 radical (unpaired) electrons. The molecular formula is C16H17N3O3S.